The van der Waals surface area contributed by atoms with E-state index in [4.69, 9.17) is 4.74 Å². The van der Waals surface area contributed by atoms with Crippen LogP contribution in [0, 0.1) is 0 Å². The molecule has 1 fully saturated rings. The van der Waals surface area contributed by atoms with E-state index in [1.54, 1.807) is 11.3 Å². The molecular formula is C20H26N4O2S2. The second kappa shape index (κ2) is 9.24. The van der Waals surface area contributed by atoms with Gasteiger partial charge in [-0.25, -0.2) is 0 Å². The second-order valence-electron chi connectivity index (χ2n) is 7.04. The lowest BCUT2D eigenvalue weighted by Gasteiger charge is -2.22. The molecule has 2 aromatic heterocycles. The maximum absolute atomic E-state index is 12.8. The molecule has 1 saturated heterocycles. The molecule has 6 nitrogen and oxygen atoms in total. The van der Waals surface area contributed by atoms with Crippen LogP contribution < -0.4 is 0 Å². The van der Waals surface area contributed by atoms with Gasteiger partial charge in [0, 0.05) is 18.8 Å². The first-order valence-electron chi connectivity index (χ1n) is 9.97. The van der Waals surface area contributed by atoms with Crippen molar-refractivity contribution in [2.45, 2.75) is 56.8 Å². The predicted octanol–water partition coefficient (Wildman–Crippen LogP) is 4.19. The van der Waals surface area contributed by atoms with Gasteiger partial charge in [-0.1, -0.05) is 23.9 Å². The molecule has 3 heterocycles. The maximum Gasteiger partial charge on any atom is 0.237 e. The Kier molecular flexibility index (Phi) is 6.49. The van der Waals surface area contributed by atoms with Crippen LogP contribution in [0.1, 0.15) is 39.0 Å². The molecule has 8 heteroatoms. The van der Waals surface area contributed by atoms with Gasteiger partial charge in [-0.05, 0) is 50.5 Å². The summed E-state index contributed by atoms with van der Waals surface area (Å²) in [6, 6.07) is 4.08. The van der Waals surface area contributed by atoms with E-state index < -0.39 is 0 Å². The van der Waals surface area contributed by atoms with Crippen LogP contribution in [-0.2, 0) is 16.1 Å². The average Bonchev–Trinajstić information content (AvgIpc) is 3.48. The lowest BCUT2D eigenvalue weighted by atomic mass is 10.2. The van der Waals surface area contributed by atoms with Gasteiger partial charge < -0.3 is 9.64 Å². The minimum atomic E-state index is 0.144. The molecule has 0 N–H and O–H groups in total. The summed E-state index contributed by atoms with van der Waals surface area (Å²) in [5.41, 5.74) is 1.17. The number of hydrogen-bond donors (Lipinski definition) is 0. The number of thiophene rings is 1. The summed E-state index contributed by atoms with van der Waals surface area (Å²) in [6.45, 7) is 4.31. The first-order valence-corrected chi connectivity index (χ1v) is 11.8. The fraction of sp³-hybridized carbons (Fsp3) is 0.550. The molecule has 1 unspecified atom stereocenters. The van der Waals surface area contributed by atoms with Crippen LogP contribution >= 0.6 is 23.1 Å². The van der Waals surface area contributed by atoms with Crippen molar-refractivity contribution in [2.75, 3.05) is 18.9 Å². The maximum atomic E-state index is 12.8. The summed E-state index contributed by atoms with van der Waals surface area (Å²) in [5.74, 6) is 1.38. The van der Waals surface area contributed by atoms with Gasteiger partial charge in [0.2, 0.25) is 5.91 Å². The summed E-state index contributed by atoms with van der Waals surface area (Å²) >= 11 is 3.13. The highest BCUT2D eigenvalue weighted by Gasteiger charge is 2.24. The molecule has 1 aliphatic heterocycles. The third-order valence-electron chi connectivity index (χ3n) is 5.17. The Morgan fingerprint density at radius 3 is 3.04 bits per heavy atom. The number of rotatable bonds is 8. The smallest absolute Gasteiger partial charge is 0.237 e. The Labute approximate surface area is 174 Å². The van der Waals surface area contributed by atoms with E-state index >= 15 is 0 Å². The van der Waals surface area contributed by atoms with E-state index in [1.165, 1.54) is 17.5 Å². The van der Waals surface area contributed by atoms with Crippen molar-refractivity contribution in [3.05, 3.63) is 29.3 Å². The van der Waals surface area contributed by atoms with Gasteiger partial charge in [-0.3, -0.25) is 9.36 Å². The van der Waals surface area contributed by atoms with Crippen LogP contribution in [0.5, 0.6) is 0 Å². The highest BCUT2D eigenvalue weighted by molar-refractivity contribution is 7.99. The SMILES string of the molecule is CCN(C(=O)CSc1nnc(-c2cccs2)n1CC1CCCO1)C1=CCCC1. The van der Waals surface area contributed by atoms with Gasteiger partial charge in [0.15, 0.2) is 11.0 Å². The number of carbonyl (C=O) groups is 1. The zero-order valence-electron chi connectivity index (χ0n) is 16.2. The van der Waals surface area contributed by atoms with E-state index in [0.29, 0.717) is 12.3 Å². The Hall–Kier alpha value is -1.64. The van der Waals surface area contributed by atoms with Crippen molar-refractivity contribution in [1.29, 1.82) is 0 Å². The van der Waals surface area contributed by atoms with Crippen molar-refractivity contribution in [3.8, 4) is 10.7 Å². The van der Waals surface area contributed by atoms with Gasteiger partial charge in [-0.2, -0.15) is 0 Å². The molecule has 150 valence electrons. The molecule has 1 atom stereocenters. The Morgan fingerprint density at radius 2 is 2.36 bits per heavy atom. The first kappa shape index (κ1) is 19.7. The Balaban J connectivity index is 1.49. The third kappa shape index (κ3) is 4.34. The van der Waals surface area contributed by atoms with Crippen LogP contribution in [0.15, 0.2) is 34.4 Å². The molecule has 0 radical (unpaired) electrons. The topological polar surface area (TPSA) is 60.2 Å². The van der Waals surface area contributed by atoms with Crippen LogP contribution in [-0.4, -0.2) is 50.6 Å². The van der Waals surface area contributed by atoms with Crippen LogP contribution in [0.25, 0.3) is 10.7 Å². The number of ether oxygens (including phenoxy) is 1. The van der Waals surface area contributed by atoms with Gasteiger partial charge in [0.25, 0.3) is 0 Å². The minimum absolute atomic E-state index is 0.144. The monoisotopic (exact) mass is 418 g/mol. The number of thioether (sulfide) groups is 1. The number of allylic oxidation sites excluding steroid dienone is 2. The summed E-state index contributed by atoms with van der Waals surface area (Å²) in [4.78, 5) is 15.8. The van der Waals surface area contributed by atoms with Crippen LogP contribution in [0.2, 0.25) is 0 Å². The largest absolute Gasteiger partial charge is 0.376 e. The number of amides is 1. The van der Waals surface area contributed by atoms with Crippen molar-refractivity contribution in [3.63, 3.8) is 0 Å². The minimum Gasteiger partial charge on any atom is -0.376 e. The molecule has 0 aromatic carbocycles. The van der Waals surface area contributed by atoms with Gasteiger partial charge in [0.1, 0.15) is 0 Å². The standard InChI is InChI=1S/C20H26N4O2S2/c1-2-23(15-7-3-4-8-15)18(25)14-28-20-22-21-19(17-10-6-12-27-17)24(20)13-16-9-5-11-26-16/h6-7,10,12,16H,2-5,8-9,11,13-14H2,1H3. The normalized spacial score (nSPS) is 19.2. The van der Waals surface area contributed by atoms with Gasteiger partial charge in [0.05, 0.1) is 23.3 Å². The van der Waals surface area contributed by atoms with E-state index in [0.717, 1.165) is 61.1 Å². The van der Waals surface area contributed by atoms with Gasteiger partial charge >= 0.3 is 0 Å². The fourth-order valence-electron chi connectivity index (χ4n) is 3.78. The van der Waals surface area contributed by atoms with E-state index in [-0.39, 0.29) is 12.0 Å². The van der Waals surface area contributed by atoms with E-state index in [2.05, 4.69) is 26.9 Å². The molecule has 0 spiro atoms. The second-order valence-corrected chi connectivity index (χ2v) is 8.93. The van der Waals surface area contributed by atoms with Crippen molar-refractivity contribution in [2.24, 2.45) is 0 Å². The Morgan fingerprint density at radius 1 is 1.43 bits per heavy atom. The summed E-state index contributed by atoms with van der Waals surface area (Å²) in [7, 11) is 0. The Bertz CT molecular complexity index is 825. The van der Waals surface area contributed by atoms with Crippen molar-refractivity contribution < 1.29 is 9.53 Å². The van der Waals surface area contributed by atoms with Gasteiger partial charge in [-0.15, -0.1) is 21.5 Å². The lowest BCUT2D eigenvalue weighted by molar-refractivity contribution is -0.126. The average molecular weight is 419 g/mol. The predicted molar refractivity (Wildman–Crippen MR) is 112 cm³/mol. The number of aromatic nitrogens is 3. The van der Waals surface area contributed by atoms with Crippen molar-refractivity contribution >= 4 is 29.0 Å². The third-order valence-corrected chi connectivity index (χ3v) is 6.99. The number of carbonyl (C=O) groups excluding carboxylic acids is 1. The molecule has 4 rings (SSSR count). The molecule has 28 heavy (non-hydrogen) atoms. The summed E-state index contributed by atoms with van der Waals surface area (Å²) in [5, 5.41) is 11.7. The molecule has 0 saturated carbocycles. The summed E-state index contributed by atoms with van der Waals surface area (Å²) < 4.78 is 7.97. The zero-order valence-corrected chi connectivity index (χ0v) is 17.8. The zero-order chi connectivity index (χ0) is 19.3. The molecule has 1 amide bonds. The highest BCUT2D eigenvalue weighted by atomic mass is 32.2. The molecule has 2 aromatic rings. The van der Waals surface area contributed by atoms with E-state index in [1.807, 2.05) is 23.3 Å². The summed E-state index contributed by atoms with van der Waals surface area (Å²) in [6.07, 6.45) is 7.77. The number of hydrogen-bond acceptors (Lipinski definition) is 6. The molecular weight excluding hydrogens is 392 g/mol. The van der Waals surface area contributed by atoms with Crippen molar-refractivity contribution in [1.82, 2.24) is 19.7 Å². The van der Waals surface area contributed by atoms with E-state index in [9.17, 15) is 4.79 Å². The molecule has 1 aliphatic carbocycles. The lowest BCUT2D eigenvalue weighted by Crippen LogP contribution is -2.31. The number of nitrogens with zero attached hydrogens (tertiary/aromatic N) is 4. The van der Waals surface area contributed by atoms with Crippen LogP contribution in [0.4, 0.5) is 0 Å². The first-order chi connectivity index (χ1) is 13.8. The molecule has 0 bridgehead atoms. The van der Waals surface area contributed by atoms with Crippen LogP contribution in [0.3, 0.4) is 0 Å². The quantitative estimate of drug-likeness (QED) is 0.602. The molecule has 2 aliphatic rings. The highest BCUT2D eigenvalue weighted by Crippen LogP contribution is 2.30. The fourth-order valence-corrected chi connectivity index (χ4v) is 5.32.